The van der Waals surface area contributed by atoms with Crippen LogP contribution in [0.4, 0.5) is 0 Å². The van der Waals surface area contributed by atoms with Crippen molar-refractivity contribution in [2.45, 2.75) is 45.6 Å². The number of nitrogens with one attached hydrogen (secondary N) is 1. The first-order valence-electron chi connectivity index (χ1n) is 4.63. The lowest BCUT2D eigenvalue weighted by atomic mass is 10.4. The quantitative estimate of drug-likeness (QED) is 0.665. The first-order valence-corrected chi connectivity index (χ1v) is 8.21. The number of ketones is 1. The molecule has 0 aliphatic carbocycles. The molecule has 0 fully saturated rings. The second kappa shape index (κ2) is 4.77. The van der Waals surface area contributed by atoms with Crippen LogP contribution >= 0.6 is 0 Å². The average molecular weight is 187 g/mol. The molecule has 0 aliphatic heterocycles. The zero-order valence-corrected chi connectivity index (χ0v) is 9.90. The zero-order chi connectivity index (χ0) is 9.78. The fourth-order valence-electron chi connectivity index (χ4n) is 1.35. The lowest BCUT2D eigenvalue weighted by Crippen LogP contribution is -2.53. The molecule has 0 rings (SSSR count). The molecule has 0 spiro atoms. The van der Waals surface area contributed by atoms with Crippen LogP contribution < -0.4 is 5.32 Å². The molecule has 0 saturated heterocycles. The molecule has 0 amide bonds. The van der Waals surface area contributed by atoms with Crippen LogP contribution in [0.1, 0.15) is 20.3 Å². The van der Waals surface area contributed by atoms with E-state index in [2.05, 4.69) is 31.9 Å². The van der Waals surface area contributed by atoms with Crippen LogP contribution in [0.25, 0.3) is 0 Å². The smallest absolute Gasteiger partial charge is 0.143 e. The summed E-state index contributed by atoms with van der Waals surface area (Å²) in [5.41, 5.74) is 0.137. The molecule has 1 atom stereocenters. The van der Waals surface area contributed by atoms with Gasteiger partial charge in [-0.25, -0.2) is 0 Å². The van der Waals surface area contributed by atoms with Crippen molar-refractivity contribution in [3.63, 3.8) is 0 Å². The number of rotatable bonds is 5. The molecule has 0 aliphatic rings. The molecule has 0 aromatic carbocycles. The Labute approximate surface area is 76.8 Å². The summed E-state index contributed by atoms with van der Waals surface area (Å²) >= 11 is 0. The third-order valence-corrected chi connectivity index (χ3v) is 4.21. The Balaban J connectivity index is 4.15. The van der Waals surface area contributed by atoms with E-state index in [4.69, 9.17) is 0 Å². The third-order valence-electron chi connectivity index (χ3n) is 1.87. The summed E-state index contributed by atoms with van der Waals surface area (Å²) in [5.74, 6) is 0.294. The van der Waals surface area contributed by atoms with Crippen molar-refractivity contribution < 1.29 is 4.79 Å². The Morgan fingerprint density at radius 3 is 2.17 bits per heavy atom. The standard InChI is InChI=1S/C9H21NOSi/c1-6-7-10-9(8(2)11)12(3,4)5/h9-10H,6-7H2,1-5H3. The Hall–Kier alpha value is -0.153. The monoisotopic (exact) mass is 187 g/mol. The lowest BCUT2D eigenvalue weighted by molar-refractivity contribution is -0.117. The van der Waals surface area contributed by atoms with Crippen molar-refractivity contribution >= 4 is 13.9 Å². The topological polar surface area (TPSA) is 29.1 Å². The van der Waals surface area contributed by atoms with Gasteiger partial charge in [-0.3, -0.25) is 4.79 Å². The summed E-state index contributed by atoms with van der Waals surface area (Å²) in [7, 11) is -1.35. The van der Waals surface area contributed by atoms with Crippen LogP contribution in [-0.4, -0.2) is 26.1 Å². The molecule has 0 aromatic heterocycles. The van der Waals surface area contributed by atoms with Gasteiger partial charge in [0, 0.05) is 0 Å². The van der Waals surface area contributed by atoms with Gasteiger partial charge in [0.15, 0.2) is 0 Å². The molecule has 12 heavy (non-hydrogen) atoms. The summed E-state index contributed by atoms with van der Waals surface area (Å²) in [5, 5.41) is 3.32. The van der Waals surface area contributed by atoms with E-state index < -0.39 is 8.07 Å². The highest BCUT2D eigenvalue weighted by Crippen LogP contribution is 2.08. The normalized spacial score (nSPS) is 14.4. The van der Waals surface area contributed by atoms with Gasteiger partial charge in [-0.1, -0.05) is 26.6 Å². The minimum atomic E-state index is -1.35. The second-order valence-corrected chi connectivity index (χ2v) is 9.67. The fourth-order valence-corrected chi connectivity index (χ4v) is 3.32. The maximum absolute atomic E-state index is 11.3. The Morgan fingerprint density at radius 1 is 1.42 bits per heavy atom. The molecule has 3 heteroatoms. The first kappa shape index (κ1) is 11.8. The van der Waals surface area contributed by atoms with Crippen molar-refractivity contribution in [2.24, 2.45) is 0 Å². The number of hydrogen-bond acceptors (Lipinski definition) is 2. The van der Waals surface area contributed by atoms with Gasteiger partial charge in [0.25, 0.3) is 0 Å². The summed E-state index contributed by atoms with van der Waals surface area (Å²) in [6, 6.07) is 0. The van der Waals surface area contributed by atoms with Crippen molar-refractivity contribution in [3.05, 3.63) is 0 Å². The molecular weight excluding hydrogens is 166 g/mol. The highest BCUT2D eigenvalue weighted by atomic mass is 28.3. The van der Waals surface area contributed by atoms with Crippen LogP contribution in [0.5, 0.6) is 0 Å². The maximum atomic E-state index is 11.3. The van der Waals surface area contributed by atoms with E-state index in [1.54, 1.807) is 6.92 Å². The van der Waals surface area contributed by atoms with Crippen molar-refractivity contribution in [1.29, 1.82) is 0 Å². The first-order chi connectivity index (χ1) is 5.39. The largest absolute Gasteiger partial charge is 0.310 e. The van der Waals surface area contributed by atoms with Crippen LogP contribution in [0.3, 0.4) is 0 Å². The van der Waals surface area contributed by atoms with Gasteiger partial charge in [-0.15, -0.1) is 0 Å². The van der Waals surface area contributed by atoms with Gasteiger partial charge in [-0.05, 0) is 19.9 Å². The molecule has 1 unspecified atom stereocenters. The van der Waals surface area contributed by atoms with Gasteiger partial charge < -0.3 is 5.32 Å². The minimum absolute atomic E-state index is 0.137. The number of carbonyl (C=O) groups is 1. The van der Waals surface area contributed by atoms with Crippen LogP contribution in [0, 0.1) is 0 Å². The molecule has 0 bridgehead atoms. The fraction of sp³-hybridized carbons (Fsp3) is 0.889. The van der Waals surface area contributed by atoms with Crippen LogP contribution in [0.15, 0.2) is 0 Å². The van der Waals surface area contributed by atoms with Crippen LogP contribution in [-0.2, 0) is 4.79 Å². The maximum Gasteiger partial charge on any atom is 0.143 e. The highest BCUT2D eigenvalue weighted by Gasteiger charge is 2.29. The zero-order valence-electron chi connectivity index (χ0n) is 8.90. The summed E-state index contributed by atoms with van der Waals surface area (Å²) in [4.78, 5) is 11.3. The molecule has 1 N–H and O–H groups in total. The summed E-state index contributed by atoms with van der Waals surface area (Å²) in [6.45, 7) is 11.4. The van der Waals surface area contributed by atoms with Gasteiger partial charge in [0.05, 0.1) is 13.7 Å². The lowest BCUT2D eigenvalue weighted by Gasteiger charge is -2.27. The number of Topliss-reactive ketones (excluding diaryl/α,β-unsaturated/α-hetero) is 1. The molecule has 0 heterocycles. The second-order valence-electron chi connectivity index (χ2n) is 4.36. The average Bonchev–Trinajstić information content (AvgIpc) is 1.84. The van der Waals surface area contributed by atoms with E-state index in [1.807, 2.05) is 0 Å². The number of hydrogen-bond donors (Lipinski definition) is 1. The molecule has 0 saturated carbocycles. The third kappa shape index (κ3) is 4.02. The number of carbonyl (C=O) groups excluding carboxylic acids is 1. The summed E-state index contributed by atoms with van der Waals surface area (Å²) < 4.78 is 0. The summed E-state index contributed by atoms with van der Waals surface area (Å²) in [6.07, 6.45) is 1.09. The van der Waals surface area contributed by atoms with E-state index >= 15 is 0 Å². The molecule has 2 nitrogen and oxygen atoms in total. The Morgan fingerprint density at radius 2 is 1.92 bits per heavy atom. The van der Waals surface area contributed by atoms with Gasteiger partial charge in [-0.2, -0.15) is 0 Å². The van der Waals surface area contributed by atoms with E-state index in [9.17, 15) is 4.79 Å². The predicted octanol–water partition coefficient (Wildman–Crippen LogP) is 1.82. The Bertz CT molecular complexity index is 151. The van der Waals surface area contributed by atoms with E-state index in [-0.39, 0.29) is 5.67 Å². The predicted molar refractivity (Wildman–Crippen MR) is 56.1 cm³/mol. The van der Waals surface area contributed by atoms with Gasteiger partial charge >= 0.3 is 0 Å². The molecule has 0 radical (unpaired) electrons. The van der Waals surface area contributed by atoms with Gasteiger partial charge in [0.1, 0.15) is 5.78 Å². The SMILES string of the molecule is CCCNC(C(C)=O)[Si](C)(C)C. The molecule has 72 valence electrons. The van der Waals surface area contributed by atoms with Crippen LogP contribution in [0.2, 0.25) is 19.6 Å². The molecule has 0 aromatic rings. The van der Waals surface area contributed by atoms with E-state index in [0.717, 1.165) is 13.0 Å². The minimum Gasteiger partial charge on any atom is -0.310 e. The van der Waals surface area contributed by atoms with Crippen molar-refractivity contribution in [3.8, 4) is 0 Å². The van der Waals surface area contributed by atoms with E-state index in [0.29, 0.717) is 5.78 Å². The van der Waals surface area contributed by atoms with Crippen molar-refractivity contribution in [1.82, 2.24) is 5.32 Å². The van der Waals surface area contributed by atoms with Crippen molar-refractivity contribution in [2.75, 3.05) is 6.54 Å². The van der Waals surface area contributed by atoms with Gasteiger partial charge in [0.2, 0.25) is 0 Å². The van der Waals surface area contributed by atoms with E-state index in [1.165, 1.54) is 0 Å². The molecular formula is C9H21NOSi. The Kier molecular flexibility index (Phi) is 4.71. The highest BCUT2D eigenvalue weighted by molar-refractivity contribution is 6.80.